The summed E-state index contributed by atoms with van der Waals surface area (Å²) in [6.45, 7) is 2.68. The summed E-state index contributed by atoms with van der Waals surface area (Å²) in [5.74, 6) is 0.677. The maximum absolute atomic E-state index is 9.21. The van der Waals surface area contributed by atoms with Crippen LogP contribution in [0.2, 0.25) is 0 Å². The summed E-state index contributed by atoms with van der Waals surface area (Å²) in [6, 6.07) is 15.3. The van der Waals surface area contributed by atoms with E-state index in [-0.39, 0.29) is 0 Å². The summed E-state index contributed by atoms with van der Waals surface area (Å²) < 4.78 is 5.65. The molecule has 2 rings (SSSR count). The normalized spacial score (nSPS) is 9.95. The van der Waals surface area contributed by atoms with Crippen molar-refractivity contribution in [3.8, 4) is 11.8 Å². The highest BCUT2D eigenvalue weighted by atomic mass is 16.5. The summed E-state index contributed by atoms with van der Waals surface area (Å²) in [7, 11) is 1.92. The number of benzene rings is 2. The van der Waals surface area contributed by atoms with Crippen LogP contribution in [-0.4, -0.2) is 13.7 Å². The van der Waals surface area contributed by atoms with E-state index in [1.165, 1.54) is 0 Å². The molecule has 0 saturated heterocycles. The van der Waals surface area contributed by atoms with Gasteiger partial charge >= 0.3 is 0 Å². The van der Waals surface area contributed by atoms with Gasteiger partial charge in [0.2, 0.25) is 0 Å². The lowest BCUT2D eigenvalue weighted by atomic mass is 10.1. The molecule has 0 heterocycles. The zero-order chi connectivity index (χ0) is 15.2. The van der Waals surface area contributed by atoms with Crippen LogP contribution in [0.25, 0.3) is 0 Å². The third-order valence-corrected chi connectivity index (χ3v) is 3.23. The average molecular weight is 281 g/mol. The van der Waals surface area contributed by atoms with Crippen LogP contribution in [0.15, 0.2) is 42.5 Å². The Hall–Kier alpha value is -2.67. The Kier molecular flexibility index (Phi) is 4.68. The number of nitrogen functional groups attached to an aromatic ring is 1. The lowest BCUT2D eigenvalue weighted by molar-refractivity contribution is 0.319. The highest BCUT2D eigenvalue weighted by Crippen LogP contribution is 2.32. The molecule has 0 atom stereocenters. The number of anilines is 3. The molecular weight excluding hydrogens is 262 g/mol. The standard InChI is InChI=1S/C17H19N3O/c1-3-10-21-17-11-14(8-9-15(17)19)20(2)16-7-5-4-6-13(16)12-18/h4-9,11H,3,10,19H2,1-2H3. The summed E-state index contributed by atoms with van der Waals surface area (Å²) in [5, 5.41) is 9.21. The number of nitrogens with zero attached hydrogens (tertiary/aromatic N) is 2. The fourth-order valence-electron chi connectivity index (χ4n) is 2.07. The third kappa shape index (κ3) is 3.26. The number of para-hydroxylation sites is 1. The lowest BCUT2D eigenvalue weighted by Gasteiger charge is -2.22. The smallest absolute Gasteiger partial charge is 0.144 e. The molecule has 0 saturated carbocycles. The molecule has 0 aliphatic rings. The molecule has 2 N–H and O–H groups in total. The Morgan fingerprint density at radius 2 is 2.00 bits per heavy atom. The Morgan fingerprint density at radius 3 is 2.71 bits per heavy atom. The van der Waals surface area contributed by atoms with Crippen molar-refractivity contribution in [2.45, 2.75) is 13.3 Å². The largest absolute Gasteiger partial charge is 0.491 e. The van der Waals surface area contributed by atoms with Gasteiger partial charge in [-0.15, -0.1) is 0 Å². The highest BCUT2D eigenvalue weighted by Gasteiger charge is 2.11. The van der Waals surface area contributed by atoms with E-state index in [2.05, 4.69) is 13.0 Å². The number of rotatable bonds is 5. The molecule has 0 aromatic heterocycles. The molecule has 0 fully saturated rings. The molecular formula is C17H19N3O. The Labute approximate surface area is 125 Å². The van der Waals surface area contributed by atoms with Gasteiger partial charge in [-0.2, -0.15) is 5.26 Å². The first kappa shape index (κ1) is 14.7. The third-order valence-electron chi connectivity index (χ3n) is 3.23. The average Bonchev–Trinajstić information content (AvgIpc) is 2.53. The van der Waals surface area contributed by atoms with Gasteiger partial charge in [0, 0.05) is 18.8 Å². The highest BCUT2D eigenvalue weighted by molar-refractivity contribution is 5.72. The molecule has 0 spiro atoms. The summed E-state index contributed by atoms with van der Waals surface area (Å²) in [5.41, 5.74) is 8.96. The van der Waals surface area contributed by atoms with Gasteiger partial charge in [-0.3, -0.25) is 0 Å². The predicted molar refractivity (Wildman–Crippen MR) is 85.9 cm³/mol. The van der Waals surface area contributed by atoms with Crippen molar-refractivity contribution in [3.63, 3.8) is 0 Å². The molecule has 2 aromatic carbocycles. The Bertz CT molecular complexity index is 661. The zero-order valence-corrected chi connectivity index (χ0v) is 12.3. The molecule has 4 heteroatoms. The van der Waals surface area contributed by atoms with Crippen molar-refractivity contribution in [2.75, 3.05) is 24.3 Å². The molecule has 0 aliphatic heterocycles. The fraction of sp³-hybridized carbons (Fsp3) is 0.235. The van der Waals surface area contributed by atoms with Crippen LogP contribution in [0.4, 0.5) is 17.1 Å². The number of hydrogen-bond acceptors (Lipinski definition) is 4. The molecule has 2 aromatic rings. The molecule has 0 bridgehead atoms. The van der Waals surface area contributed by atoms with Crippen molar-refractivity contribution in [1.82, 2.24) is 0 Å². The van der Waals surface area contributed by atoms with E-state index in [0.29, 0.717) is 23.6 Å². The van der Waals surface area contributed by atoms with Gasteiger partial charge in [-0.1, -0.05) is 19.1 Å². The topological polar surface area (TPSA) is 62.3 Å². The van der Waals surface area contributed by atoms with Crippen LogP contribution in [0, 0.1) is 11.3 Å². The first-order valence-electron chi connectivity index (χ1n) is 6.92. The summed E-state index contributed by atoms with van der Waals surface area (Å²) >= 11 is 0. The minimum absolute atomic E-state index is 0.620. The minimum Gasteiger partial charge on any atom is -0.491 e. The second kappa shape index (κ2) is 6.67. The first-order valence-corrected chi connectivity index (χ1v) is 6.92. The molecule has 21 heavy (non-hydrogen) atoms. The van der Waals surface area contributed by atoms with E-state index >= 15 is 0 Å². The minimum atomic E-state index is 0.620. The molecule has 4 nitrogen and oxygen atoms in total. The maximum atomic E-state index is 9.21. The van der Waals surface area contributed by atoms with Crippen molar-refractivity contribution in [3.05, 3.63) is 48.0 Å². The Balaban J connectivity index is 2.35. The van der Waals surface area contributed by atoms with Crippen LogP contribution in [0.3, 0.4) is 0 Å². The van der Waals surface area contributed by atoms with Crippen molar-refractivity contribution < 1.29 is 4.74 Å². The monoisotopic (exact) mass is 281 g/mol. The van der Waals surface area contributed by atoms with E-state index in [0.717, 1.165) is 17.8 Å². The zero-order valence-electron chi connectivity index (χ0n) is 12.3. The fourth-order valence-corrected chi connectivity index (χ4v) is 2.07. The number of nitrogens with two attached hydrogens (primary N) is 1. The van der Waals surface area contributed by atoms with Gasteiger partial charge in [0.05, 0.1) is 23.5 Å². The van der Waals surface area contributed by atoms with Gasteiger partial charge in [-0.05, 0) is 30.7 Å². The van der Waals surface area contributed by atoms with Crippen molar-refractivity contribution >= 4 is 17.1 Å². The van der Waals surface area contributed by atoms with Gasteiger partial charge in [0.1, 0.15) is 11.8 Å². The molecule has 108 valence electrons. The van der Waals surface area contributed by atoms with Gasteiger partial charge in [0.15, 0.2) is 0 Å². The van der Waals surface area contributed by atoms with Crippen LogP contribution in [0.1, 0.15) is 18.9 Å². The molecule has 0 radical (unpaired) electrons. The van der Waals surface area contributed by atoms with E-state index in [4.69, 9.17) is 10.5 Å². The molecule has 0 amide bonds. The van der Waals surface area contributed by atoms with Crippen LogP contribution in [0.5, 0.6) is 5.75 Å². The van der Waals surface area contributed by atoms with E-state index in [9.17, 15) is 5.26 Å². The number of nitriles is 1. The Morgan fingerprint density at radius 1 is 1.24 bits per heavy atom. The quantitative estimate of drug-likeness (QED) is 0.849. The summed E-state index contributed by atoms with van der Waals surface area (Å²) in [6.07, 6.45) is 0.927. The van der Waals surface area contributed by atoms with Gasteiger partial charge in [-0.25, -0.2) is 0 Å². The van der Waals surface area contributed by atoms with Crippen molar-refractivity contribution in [2.24, 2.45) is 0 Å². The van der Waals surface area contributed by atoms with Crippen LogP contribution >= 0.6 is 0 Å². The first-order chi connectivity index (χ1) is 10.2. The van der Waals surface area contributed by atoms with Crippen LogP contribution < -0.4 is 15.4 Å². The van der Waals surface area contributed by atoms with E-state index in [1.807, 2.05) is 48.3 Å². The second-order valence-corrected chi connectivity index (χ2v) is 4.76. The maximum Gasteiger partial charge on any atom is 0.144 e. The summed E-state index contributed by atoms with van der Waals surface area (Å²) in [4.78, 5) is 1.96. The van der Waals surface area contributed by atoms with Crippen molar-refractivity contribution in [1.29, 1.82) is 5.26 Å². The number of hydrogen-bond donors (Lipinski definition) is 1. The van der Waals surface area contributed by atoms with Crippen LogP contribution in [-0.2, 0) is 0 Å². The van der Waals surface area contributed by atoms with Gasteiger partial charge < -0.3 is 15.4 Å². The van der Waals surface area contributed by atoms with E-state index < -0.39 is 0 Å². The molecule has 0 unspecified atom stereocenters. The van der Waals surface area contributed by atoms with E-state index in [1.54, 1.807) is 6.07 Å². The SMILES string of the molecule is CCCOc1cc(N(C)c2ccccc2C#N)ccc1N. The van der Waals surface area contributed by atoms with Gasteiger partial charge in [0.25, 0.3) is 0 Å². The lowest BCUT2D eigenvalue weighted by Crippen LogP contribution is -2.11. The second-order valence-electron chi connectivity index (χ2n) is 4.76. The number of ether oxygens (including phenoxy) is 1. The molecule has 0 aliphatic carbocycles. The predicted octanol–water partition coefficient (Wildman–Crippen LogP) is 3.70.